The van der Waals surface area contributed by atoms with Crippen LogP contribution in [-0.4, -0.2) is 0 Å². The largest absolute Gasteiger partial charge is 4.00 e. The molecule has 0 atom stereocenters. The van der Waals surface area contributed by atoms with Crippen molar-refractivity contribution in [3.63, 3.8) is 0 Å². The molecule has 1 saturated carbocycles. The number of hydrogen-bond donors (Lipinski definition) is 0. The predicted octanol–water partition coefficient (Wildman–Crippen LogP) is 0.406. The van der Waals surface area contributed by atoms with Crippen LogP contribution in [-0.2, 0) is 26.2 Å². The van der Waals surface area contributed by atoms with Gasteiger partial charge in [-0.1, -0.05) is 72.6 Å². The summed E-state index contributed by atoms with van der Waals surface area (Å²) < 4.78 is 0. The van der Waals surface area contributed by atoms with E-state index in [4.69, 9.17) is 0 Å². The minimum Gasteiger partial charge on any atom is -1.00 e. The summed E-state index contributed by atoms with van der Waals surface area (Å²) in [4.78, 5) is 0. The molecule has 1 fully saturated rings. The fourth-order valence-corrected chi connectivity index (χ4v) is 3.50. The van der Waals surface area contributed by atoms with E-state index in [9.17, 15) is 0 Å². The summed E-state index contributed by atoms with van der Waals surface area (Å²) in [5.74, 6) is 0.888. The van der Waals surface area contributed by atoms with Crippen LogP contribution in [0.3, 0.4) is 0 Å². The quantitative estimate of drug-likeness (QED) is 0.559. The van der Waals surface area contributed by atoms with Crippen LogP contribution in [0.15, 0.2) is 24.3 Å². The molecule has 1 aliphatic rings. The fourth-order valence-electron chi connectivity index (χ4n) is 3.50. The number of hydrogen-bond acceptors (Lipinski definition) is 0. The summed E-state index contributed by atoms with van der Waals surface area (Å²) in [5.41, 5.74) is 8.91. The van der Waals surface area contributed by atoms with Crippen molar-refractivity contribution in [3.8, 4) is 0 Å². The molecular weight excluding hydrogens is 414 g/mol. The first-order valence-electron chi connectivity index (χ1n) is 8.43. The van der Waals surface area contributed by atoms with E-state index in [0.717, 1.165) is 5.92 Å². The van der Waals surface area contributed by atoms with Gasteiger partial charge in [0.1, 0.15) is 0 Å². The van der Waals surface area contributed by atoms with Gasteiger partial charge in [-0.2, -0.15) is 45.5 Å². The Morgan fingerprint density at radius 2 is 1.21 bits per heavy atom. The summed E-state index contributed by atoms with van der Waals surface area (Å²) in [7, 11) is 0. The number of halogens is 2. The van der Waals surface area contributed by atoms with Crippen LogP contribution < -0.4 is 24.8 Å². The molecule has 0 N–H and O–H groups in total. The molecular formula is C21H30Cl2Zr. The second-order valence-corrected chi connectivity index (χ2v) is 6.68. The third-order valence-electron chi connectivity index (χ3n) is 5.58. The standard InChI is InChI=1S/C11H15.C10H15.2ClH.Zr/c1-2-6-10(7-3-1)11-8-4-5-9-11;1-6-7(2)9(4)10(5)8(6)3;;;/h4-5,8-10H,1-3,6-7H2;1-5H3;2*1H;/q2*-1;;;+4/p-2. The van der Waals surface area contributed by atoms with Gasteiger partial charge in [0.25, 0.3) is 0 Å². The van der Waals surface area contributed by atoms with Crippen molar-refractivity contribution in [2.75, 3.05) is 0 Å². The zero-order valence-electron chi connectivity index (χ0n) is 15.7. The summed E-state index contributed by atoms with van der Waals surface area (Å²) in [6.07, 6.45) is 7.18. The average molecular weight is 445 g/mol. The van der Waals surface area contributed by atoms with Crippen LogP contribution in [0.4, 0.5) is 0 Å². The fraction of sp³-hybridized carbons (Fsp3) is 0.524. The van der Waals surface area contributed by atoms with Crippen LogP contribution >= 0.6 is 0 Å². The maximum absolute atomic E-state index is 2.27. The molecule has 0 nitrogen and oxygen atoms in total. The Hall–Kier alpha value is 0.163. The third-order valence-corrected chi connectivity index (χ3v) is 5.58. The smallest absolute Gasteiger partial charge is 1.00 e. The molecule has 0 aromatic heterocycles. The third kappa shape index (κ3) is 6.47. The van der Waals surface area contributed by atoms with Crippen molar-refractivity contribution < 1.29 is 51.0 Å². The molecule has 24 heavy (non-hydrogen) atoms. The average Bonchev–Trinajstić information content (AvgIpc) is 3.11. The van der Waals surface area contributed by atoms with E-state index in [1.807, 2.05) is 0 Å². The van der Waals surface area contributed by atoms with Gasteiger partial charge < -0.3 is 24.8 Å². The van der Waals surface area contributed by atoms with Crippen LogP contribution in [0.1, 0.15) is 71.4 Å². The van der Waals surface area contributed by atoms with Gasteiger partial charge in [-0.05, 0) is 0 Å². The zero-order chi connectivity index (χ0) is 15.4. The van der Waals surface area contributed by atoms with E-state index in [0.29, 0.717) is 0 Å². The maximum atomic E-state index is 2.27. The van der Waals surface area contributed by atoms with Crippen molar-refractivity contribution >= 4 is 0 Å². The van der Waals surface area contributed by atoms with Gasteiger partial charge >= 0.3 is 26.2 Å². The van der Waals surface area contributed by atoms with Gasteiger partial charge in [-0.3, -0.25) is 0 Å². The Kier molecular flexibility index (Phi) is 13.8. The van der Waals surface area contributed by atoms with Crippen LogP contribution in [0, 0.1) is 34.6 Å². The zero-order valence-corrected chi connectivity index (χ0v) is 19.6. The first kappa shape index (κ1) is 26.4. The van der Waals surface area contributed by atoms with E-state index in [2.05, 4.69) is 58.9 Å². The van der Waals surface area contributed by atoms with Crippen LogP contribution in [0.5, 0.6) is 0 Å². The molecule has 0 aliphatic heterocycles. The Balaban J connectivity index is 0. The van der Waals surface area contributed by atoms with E-state index >= 15 is 0 Å². The van der Waals surface area contributed by atoms with Crippen molar-refractivity contribution in [2.45, 2.75) is 72.6 Å². The van der Waals surface area contributed by atoms with E-state index < -0.39 is 0 Å². The molecule has 0 amide bonds. The molecule has 0 unspecified atom stereocenters. The minimum absolute atomic E-state index is 0. The van der Waals surface area contributed by atoms with Crippen LogP contribution in [0.25, 0.3) is 0 Å². The Morgan fingerprint density at radius 1 is 0.792 bits per heavy atom. The van der Waals surface area contributed by atoms with Gasteiger partial charge in [0.2, 0.25) is 0 Å². The van der Waals surface area contributed by atoms with Crippen LogP contribution in [0.2, 0.25) is 0 Å². The minimum atomic E-state index is 0. The van der Waals surface area contributed by atoms with Gasteiger partial charge in [-0.15, -0.1) is 0 Å². The molecule has 0 heterocycles. The Morgan fingerprint density at radius 3 is 1.54 bits per heavy atom. The van der Waals surface area contributed by atoms with E-state index in [-0.39, 0.29) is 51.0 Å². The number of rotatable bonds is 1. The Bertz CT molecular complexity index is 481. The molecule has 3 rings (SSSR count). The summed E-state index contributed by atoms with van der Waals surface area (Å²) in [5, 5.41) is 0. The van der Waals surface area contributed by atoms with Crippen molar-refractivity contribution in [1.82, 2.24) is 0 Å². The SMILES string of the molecule is Cc1c(C)c(C)[c-](C)c1C.[Cl-].[Cl-].[Zr+4].c1cc[c-](C2CCCCC2)c1. The van der Waals surface area contributed by atoms with Gasteiger partial charge in [0, 0.05) is 0 Å². The molecule has 0 radical (unpaired) electrons. The summed E-state index contributed by atoms with van der Waals surface area (Å²) in [6, 6.07) is 8.86. The Labute approximate surface area is 180 Å². The molecule has 3 heteroatoms. The summed E-state index contributed by atoms with van der Waals surface area (Å²) in [6.45, 7) is 11.0. The first-order valence-corrected chi connectivity index (χ1v) is 8.43. The van der Waals surface area contributed by atoms with E-state index in [1.54, 1.807) is 5.56 Å². The molecule has 0 saturated heterocycles. The molecule has 0 spiro atoms. The molecule has 2 aromatic rings. The second-order valence-electron chi connectivity index (χ2n) is 6.68. The topological polar surface area (TPSA) is 0 Å². The van der Waals surface area contributed by atoms with Crippen molar-refractivity contribution in [3.05, 3.63) is 57.6 Å². The molecule has 2 aromatic carbocycles. The molecule has 1 aliphatic carbocycles. The molecule has 132 valence electrons. The van der Waals surface area contributed by atoms with Gasteiger partial charge in [-0.25, -0.2) is 12.1 Å². The second kappa shape index (κ2) is 12.5. The van der Waals surface area contributed by atoms with Gasteiger partial charge in [0.15, 0.2) is 0 Å². The molecule has 0 bridgehead atoms. The van der Waals surface area contributed by atoms with Crippen molar-refractivity contribution in [2.24, 2.45) is 0 Å². The van der Waals surface area contributed by atoms with Gasteiger partial charge in [0.05, 0.1) is 0 Å². The summed E-state index contributed by atoms with van der Waals surface area (Å²) >= 11 is 0. The van der Waals surface area contributed by atoms with E-state index in [1.165, 1.54) is 59.9 Å². The maximum Gasteiger partial charge on any atom is 4.00 e. The van der Waals surface area contributed by atoms with Crippen molar-refractivity contribution in [1.29, 1.82) is 0 Å². The monoisotopic (exact) mass is 442 g/mol. The normalized spacial score (nSPS) is 13.7. The predicted molar refractivity (Wildman–Crippen MR) is 93.6 cm³/mol. The first-order chi connectivity index (χ1) is 10.0.